The van der Waals surface area contributed by atoms with Crippen molar-refractivity contribution < 1.29 is 82.8 Å². The van der Waals surface area contributed by atoms with Crippen molar-refractivity contribution in [2.24, 2.45) is 11.7 Å². The third-order valence-electron chi connectivity index (χ3n) is 15.8. The fourth-order valence-corrected chi connectivity index (χ4v) is 13.4. The van der Waals surface area contributed by atoms with E-state index in [0.29, 0.717) is 47.1 Å². The number of nitrogens with one attached hydrogen (secondary N) is 9. The van der Waals surface area contributed by atoms with Crippen LogP contribution in [0.1, 0.15) is 127 Å². The normalized spacial score (nSPS) is 17.5. The van der Waals surface area contributed by atoms with E-state index in [4.69, 9.17) is 5.73 Å². The molecule has 1 saturated heterocycles. The first-order valence-corrected chi connectivity index (χ1v) is 34.4. The number of imide groups is 1. The number of hydrogen-bond donors (Lipinski definition) is 14. The molecule has 1 saturated carbocycles. The molecule has 96 heavy (non-hydrogen) atoms. The molecule has 1 aliphatic heterocycles. The Hall–Kier alpha value is -7.84. The predicted molar refractivity (Wildman–Crippen MR) is 361 cm³/mol. The predicted octanol–water partition coefficient (Wildman–Crippen LogP) is 2.68. The minimum absolute atomic E-state index is 0.0367. The second kappa shape index (κ2) is 40.0. The molecule has 0 aromatic heterocycles. The third-order valence-corrected chi connectivity index (χ3v) is 18.2. The van der Waals surface area contributed by atoms with E-state index in [9.17, 15) is 82.8 Å². The van der Waals surface area contributed by atoms with Crippen LogP contribution in [-0.2, 0) is 81.7 Å². The summed E-state index contributed by atoms with van der Waals surface area (Å²) in [5.74, 6) is -13.1. The highest BCUT2D eigenvalue weighted by atomic mass is 79.9. The van der Waals surface area contributed by atoms with Gasteiger partial charge in [-0.15, -0.1) is 11.8 Å². The molecule has 1 aliphatic carbocycles. The number of nitrogens with zero attached hydrogens (tertiary/aromatic N) is 1. The van der Waals surface area contributed by atoms with E-state index in [1.165, 1.54) is 0 Å². The molecule has 8 unspecified atom stereocenters. The van der Waals surface area contributed by atoms with Crippen molar-refractivity contribution >= 4 is 126 Å². The second-order valence-electron chi connectivity index (χ2n) is 24.2. The molecular formula is C65H87Br2N11O17S. The zero-order valence-electron chi connectivity index (χ0n) is 53.7. The molecule has 3 aromatic carbocycles. The first kappa shape index (κ1) is 78.9. The Morgan fingerprint density at radius 3 is 1.68 bits per heavy atom. The number of amides is 10. The van der Waals surface area contributed by atoms with E-state index in [1.54, 1.807) is 80.6 Å². The lowest BCUT2D eigenvalue weighted by molar-refractivity contribution is -0.144. The minimum atomic E-state index is -1.95. The van der Waals surface area contributed by atoms with Crippen LogP contribution in [0.4, 0.5) is 5.69 Å². The van der Waals surface area contributed by atoms with Gasteiger partial charge in [-0.2, -0.15) is 0 Å². The van der Waals surface area contributed by atoms with Gasteiger partial charge in [0.05, 0.1) is 23.5 Å². The van der Waals surface area contributed by atoms with Crippen LogP contribution in [-0.4, -0.2) is 181 Å². The highest BCUT2D eigenvalue weighted by molar-refractivity contribution is 9.11. The van der Waals surface area contributed by atoms with Crippen molar-refractivity contribution in [2.45, 2.75) is 190 Å². The summed E-state index contributed by atoms with van der Waals surface area (Å²) in [6.07, 6.45) is 0.227. The van der Waals surface area contributed by atoms with E-state index in [0.717, 1.165) is 46.5 Å². The fourth-order valence-electron chi connectivity index (χ4n) is 10.8. The van der Waals surface area contributed by atoms with Gasteiger partial charge in [0, 0.05) is 72.9 Å². The van der Waals surface area contributed by atoms with Crippen LogP contribution in [0.3, 0.4) is 0 Å². The molecule has 28 nitrogen and oxygen atoms in total. The molecule has 31 heteroatoms. The van der Waals surface area contributed by atoms with Gasteiger partial charge >= 0.3 is 17.9 Å². The summed E-state index contributed by atoms with van der Waals surface area (Å²) >= 11 is 8.01. The Labute approximate surface area is 577 Å². The number of aliphatic carboxylic acids is 3. The number of benzene rings is 3. The Morgan fingerprint density at radius 1 is 0.625 bits per heavy atom. The number of thioether (sulfide) groups is 1. The Morgan fingerprint density at radius 2 is 1.15 bits per heavy atom. The van der Waals surface area contributed by atoms with Crippen molar-refractivity contribution in [1.82, 2.24) is 47.4 Å². The number of halogens is 2. The Kier molecular flexibility index (Phi) is 32.9. The van der Waals surface area contributed by atoms with E-state index in [-0.39, 0.29) is 94.2 Å². The van der Waals surface area contributed by atoms with Gasteiger partial charge in [0.1, 0.15) is 42.3 Å². The molecule has 0 bridgehead atoms. The number of likely N-dealkylation sites (tertiary alicyclic amines) is 1. The molecular weight excluding hydrogens is 1400 g/mol. The summed E-state index contributed by atoms with van der Waals surface area (Å²) in [7, 11) is 0. The Bertz CT molecular complexity index is 3220. The van der Waals surface area contributed by atoms with Crippen molar-refractivity contribution in [3.05, 3.63) is 98.4 Å². The molecule has 5 rings (SSSR count). The molecule has 10 amide bonds. The number of hydrogen-bond acceptors (Lipinski definition) is 17. The number of anilines is 1. The monoisotopic (exact) mass is 1480 g/mol. The maximum absolute atomic E-state index is 14.8. The lowest BCUT2D eigenvalue weighted by atomic mass is 9.93. The minimum Gasteiger partial charge on any atom is -0.481 e. The van der Waals surface area contributed by atoms with Gasteiger partial charge in [0.25, 0.3) is 0 Å². The maximum atomic E-state index is 14.8. The van der Waals surface area contributed by atoms with Gasteiger partial charge in [0.15, 0.2) is 0 Å². The molecule has 3 aromatic rings. The number of nitrogens with two attached hydrogens (primary N) is 1. The van der Waals surface area contributed by atoms with E-state index >= 15 is 0 Å². The van der Waals surface area contributed by atoms with Crippen molar-refractivity contribution in [3.63, 3.8) is 0 Å². The molecule has 8 atom stereocenters. The smallest absolute Gasteiger partial charge is 0.326 e. The lowest BCUT2D eigenvalue weighted by Crippen LogP contribution is -2.60. The lowest BCUT2D eigenvalue weighted by Gasteiger charge is -2.28. The van der Waals surface area contributed by atoms with Crippen LogP contribution in [0.15, 0.2) is 81.7 Å². The van der Waals surface area contributed by atoms with E-state index < -0.39 is 138 Å². The summed E-state index contributed by atoms with van der Waals surface area (Å²) in [5.41, 5.74) is 8.23. The van der Waals surface area contributed by atoms with Gasteiger partial charge < -0.3 is 74.0 Å². The van der Waals surface area contributed by atoms with E-state index in [2.05, 4.69) is 79.7 Å². The Balaban J connectivity index is 1.30. The number of carboxylic acid groups (broad SMARTS) is 3. The van der Waals surface area contributed by atoms with Crippen molar-refractivity contribution in [3.8, 4) is 0 Å². The zero-order chi connectivity index (χ0) is 70.6. The topological polar surface area (TPSA) is 440 Å². The first-order chi connectivity index (χ1) is 45.6. The molecule has 0 radical (unpaired) electrons. The van der Waals surface area contributed by atoms with Crippen LogP contribution in [0, 0.1) is 5.92 Å². The van der Waals surface area contributed by atoms with Gasteiger partial charge in [-0.3, -0.25) is 62.4 Å². The SMILES string of the molecule is CC(=O)NC(CSC1CC(=O)N(CCCC(=O)Nc2c(Br)cc(Br)cc2CNC2CCC(O)CC2)C1=O)C(=O)NC(Cc1ccccc1)C(=O)NC(Cc1ccccc1)C(=O)NC(CCCCN)C(=O)NC(CC(=O)O)C(=O)NC(CCC(=O)O)C(=O)NC(CC(C)C)C(=O)O. The average molecular weight is 1490 g/mol. The number of aliphatic hydroxyl groups is 1. The first-order valence-electron chi connectivity index (χ1n) is 31.8. The van der Waals surface area contributed by atoms with Crippen LogP contribution in [0.25, 0.3) is 0 Å². The molecule has 0 spiro atoms. The highest BCUT2D eigenvalue weighted by Gasteiger charge is 2.41. The van der Waals surface area contributed by atoms with Gasteiger partial charge in [-0.1, -0.05) is 90.4 Å². The molecule has 2 fully saturated rings. The van der Waals surface area contributed by atoms with E-state index in [1.807, 2.05) is 6.07 Å². The molecule has 15 N–H and O–H groups in total. The number of aliphatic hydroxyl groups excluding tert-OH is 1. The van der Waals surface area contributed by atoms with Crippen LogP contribution in [0.5, 0.6) is 0 Å². The third kappa shape index (κ3) is 27.0. The summed E-state index contributed by atoms with van der Waals surface area (Å²) < 4.78 is 1.43. The van der Waals surface area contributed by atoms with Gasteiger partial charge in [-0.05, 0) is 121 Å². The number of carbonyl (C=O) groups excluding carboxylic acids is 10. The average Bonchev–Trinajstić information content (AvgIpc) is 1.11. The molecule has 2 aliphatic rings. The quantitative estimate of drug-likeness (QED) is 0.0287. The number of carbonyl (C=O) groups is 13. The molecule has 524 valence electrons. The van der Waals surface area contributed by atoms with Crippen molar-refractivity contribution in [1.29, 1.82) is 0 Å². The fraction of sp³-hybridized carbons (Fsp3) is 0.523. The number of carboxylic acids is 3. The zero-order valence-corrected chi connectivity index (χ0v) is 57.7. The summed E-state index contributed by atoms with van der Waals surface area (Å²) in [6, 6.07) is 9.73. The molecule has 1 heterocycles. The maximum Gasteiger partial charge on any atom is 0.326 e. The summed E-state index contributed by atoms with van der Waals surface area (Å²) in [5, 5.41) is 62.0. The summed E-state index contributed by atoms with van der Waals surface area (Å²) in [4.78, 5) is 176. The van der Waals surface area contributed by atoms with Crippen LogP contribution >= 0.6 is 43.6 Å². The number of unbranched alkanes of at least 4 members (excludes halogenated alkanes) is 1. The summed E-state index contributed by atoms with van der Waals surface area (Å²) in [6.45, 7) is 5.08. The van der Waals surface area contributed by atoms with Crippen molar-refractivity contribution in [2.75, 3.05) is 24.2 Å². The number of rotatable bonds is 40. The van der Waals surface area contributed by atoms with Crippen LogP contribution < -0.4 is 53.6 Å². The largest absolute Gasteiger partial charge is 0.481 e. The van der Waals surface area contributed by atoms with Crippen LogP contribution in [0.2, 0.25) is 0 Å². The standard InChI is InChI=1S/C65H87Br2N11O17S/c1-36(2)27-50(65(94)95)76-59(88)46(23-24-55(83)84)72-62(91)49(32-56(85)86)75-58(87)45(17-10-11-25-68)71-60(89)47(28-38-13-6-4-7-14-38)73-61(90)48(29-39-15-8-5-9-16-39)74-63(92)51(70-37(3)79)35-96-52-33-54(82)78(64(52)93)26-12-18-53(81)77-57-40(30-41(66)31-44(57)67)34-69-42-19-21-43(80)22-20-42/h4-9,13-16,30-31,36,42-43,45-52,69,80H,10-12,17-29,32-35,68H2,1-3H3,(H,70,79)(H,71,89)(H,72,91)(H,73,90)(H,74,92)(H,75,87)(H,76,88)(H,77,81)(H,83,84)(H,85,86)(H,94,95). The highest BCUT2D eigenvalue weighted by Crippen LogP contribution is 2.32. The second-order valence-corrected chi connectivity index (χ2v) is 27.2. The van der Waals surface area contributed by atoms with Gasteiger partial charge in [-0.25, -0.2) is 4.79 Å². The van der Waals surface area contributed by atoms with Gasteiger partial charge in [0.2, 0.25) is 59.1 Å².